The lowest BCUT2D eigenvalue weighted by molar-refractivity contribution is -0.122. The molecule has 1 saturated heterocycles. The zero-order chi connectivity index (χ0) is 29.5. The number of nitrogens with zero attached hydrogens (tertiary/aromatic N) is 3. The van der Waals surface area contributed by atoms with Gasteiger partial charge in [-0.2, -0.15) is 5.26 Å². The van der Waals surface area contributed by atoms with Crippen LogP contribution in [-0.4, -0.2) is 33.9 Å². The lowest BCUT2D eigenvalue weighted by Gasteiger charge is -2.20. The number of hydrogen-bond acceptors (Lipinski definition) is 8. The van der Waals surface area contributed by atoms with E-state index in [0.717, 1.165) is 35.5 Å². The molecule has 0 spiro atoms. The van der Waals surface area contributed by atoms with Crippen LogP contribution in [0.25, 0.3) is 6.08 Å². The van der Waals surface area contributed by atoms with Crippen LogP contribution >= 0.6 is 24.0 Å². The Bertz CT molecular complexity index is 1570. The van der Waals surface area contributed by atoms with E-state index < -0.39 is 0 Å². The molecule has 1 amide bonds. The summed E-state index contributed by atoms with van der Waals surface area (Å²) in [6.07, 6.45) is 3.38. The number of nitrogens with one attached hydrogen (secondary N) is 1. The van der Waals surface area contributed by atoms with Crippen molar-refractivity contribution in [2.24, 2.45) is 0 Å². The first kappa shape index (κ1) is 29.9. The second-order valence-corrected chi connectivity index (χ2v) is 11.2. The number of nitriles is 1. The average molecular weight is 589 g/mol. The standard InChI is InChI=1S/C31H32N4O4S2/c1-5-6-15-34-28(33-18-21-7-11-23(38-3)12-8-21)25(20(2)26(17-32)29(34)36)16-27-30(37)35(31(40)41-27)19-22-9-13-24(39-4)14-10-22/h7-14,16,33H,5-6,15,18-19H2,1-4H3/b27-16+. The first-order valence-corrected chi connectivity index (χ1v) is 14.5. The van der Waals surface area contributed by atoms with E-state index in [1.165, 1.54) is 11.8 Å². The molecule has 212 valence electrons. The van der Waals surface area contributed by atoms with Gasteiger partial charge < -0.3 is 14.8 Å². The van der Waals surface area contributed by atoms with Crippen molar-refractivity contribution >= 4 is 46.1 Å². The fourth-order valence-electron chi connectivity index (χ4n) is 4.49. The van der Waals surface area contributed by atoms with E-state index in [1.54, 1.807) is 36.7 Å². The normalized spacial score (nSPS) is 13.9. The topological polar surface area (TPSA) is 96.6 Å². The number of ether oxygens (including phenoxy) is 2. The number of unbranched alkanes of at least 4 members (excludes halogenated alkanes) is 1. The maximum Gasteiger partial charge on any atom is 0.270 e. The van der Waals surface area contributed by atoms with E-state index in [1.807, 2.05) is 55.5 Å². The number of pyridine rings is 1. The van der Waals surface area contributed by atoms with Crippen molar-refractivity contribution in [2.75, 3.05) is 19.5 Å². The van der Waals surface area contributed by atoms with Crippen molar-refractivity contribution in [3.05, 3.63) is 91.6 Å². The zero-order valence-electron chi connectivity index (χ0n) is 23.5. The second kappa shape index (κ2) is 13.5. The first-order valence-electron chi connectivity index (χ1n) is 13.2. The van der Waals surface area contributed by atoms with Crippen LogP contribution in [0.5, 0.6) is 11.5 Å². The number of hydrogen-bond donors (Lipinski definition) is 1. The summed E-state index contributed by atoms with van der Waals surface area (Å²) in [6, 6.07) is 17.2. The van der Waals surface area contributed by atoms with Crippen LogP contribution in [-0.2, 0) is 24.4 Å². The minimum absolute atomic E-state index is 0.0658. The van der Waals surface area contributed by atoms with Crippen molar-refractivity contribution in [3.8, 4) is 17.6 Å². The molecule has 1 fully saturated rings. The lowest BCUT2D eigenvalue weighted by Crippen LogP contribution is -2.28. The van der Waals surface area contributed by atoms with Crippen LogP contribution < -0.4 is 20.3 Å². The van der Waals surface area contributed by atoms with Crippen molar-refractivity contribution in [3.63, 3.8) is 0 Å². The van der Waals surface area contributed by atoms with Crippen LogP contribution in [0, 0.1) is 18.3 Å². The van der Waals surface area contributed by atoms with Crippen LogP contribution in [0.1, 0.15) is 47.6 Å². The zero-order valence-corrected chi connectivity index (χ0v) is 25.2. The molecule has 1 aromatic heterocycles. The van der Waals surface area contributed by atoms with E-state index >= 15 is 0 Å². The smallest absolute Gasteiger partial charge is 0.270 e. The third-order valence-electron chi connectivity index (χ3n) is 6.88. The molecule has 0 unspecified atom stereocenters. The number of rotatable bonds is 11. The highest BCUT2D eigenvalue weighted by Crippen LogP contribution is 2.36. The molecule has 2 heterocycles. The summed E-state index contributed by atoms with van der Waals surface area (Å²) in [5.74, 6) is 1.83. The molecule has 3 aromatic rings. The number of thiocarbonyl (C=S) groups is 1. The Labute approximate surface area is 249 Å². The van der Waals surface area contributed by atoms with Crippen molar-refractivity contribution in [2.45, 2.75) is 46.3 Å². The highest BCUT2D eigenvalue weighted by molar-refractivity contribution is 8.26. The van der Waals surface area contributed by atoms with E-state index in [9.17, 15) is 14.9 Å². The molecule has 0 radical (unpaired) electrons. The molecular formula is C31H32N4O4S2. The predicted molar refractivity (Wildman–Crippen MR) is 167 cm³/mol. The molecule has 0 bridgehead atoms. The molecule has 8 nitrogen and oxygen atoms in total. The molecular weight excluding hydrogens is 556 g/mol. The Kier molecular flexibility index (Phi) is 9.86. The number of methoxy groups -OCH3 is 2. The number of carbonyl (C=O) groups is 1. The molecule has 0 saturated carbocycles. The number of thioether (sulfide) groups is 1. The lowest BCUT2D eigenvalue weighted by atomic mass is 10.0. The monoisotopic (exact) mass is 588 g/mol. The summed E-state index contributed by atoms with van der Waals surface area (Å²) in [5, 5.41) is 13.3. The third kappa shape index (κ3) is 6.64. The summed E-state index contributed by atoms with van der Waals surface area (Å²) >= 11 is 6.79. The van der Waals surface area contributed by atoms with E-state index in [2.05, 4.69) is 11.4 Å². The fraction of sp³-hybridized carbons (Fsp3) is 0.290. The van der Waals surface area contributed by atoms with Gasteiger partial charge in [0.2, 0.25) is 0 Å². The first-order chi connectivity index (χ1) is 19.8. The second-order valence-electron chi connectivity index (χ2n) is 9.50. The molecule has 10 heteroatoms. The molecule has 2 aromatic carbocycles. The Hall–Kier alpha value is -4.07. The maximum atomic E-state index is 13.5. The number of aromatic nitrogens is 1. The van der Waals surface area contributed by atoms with Gasteiger partial charge in [-0.25, -0.2) is 0 Å². The molecule has 0 atom stereocenters. The molecule has 1 aliphatic heterocycles. The highest BCUT2D eigenvalue weighted by atomic mass is 32.2. The largest absolute Gasteiger partial charge is 0.497 e. The van der Waals surface area contributed by atoms with Gasteiger partial charge in [0.15, 0.2) is 0 Å². The Morgan fingerprint density at radius 3 is 2.20 bits per heavy atom. The number of anilines is 1. The summed E-state index contributed by atoms with van der Waals surface area (Å²) in [6.45, 7) is 4.98. The van der Waals surface area contributed by atoms with Gasteiger partial charge in [0.25, 0.3) is 11.5 Å². The van der Waals surface area contributed by atoms with Gasteiger partial charge in [-0.15, -0.1) is 0 Å². The molecule has 1 aliphatic rings. The Morgan fingerprint density at radius 2 is 1.63 bits per heavy atom. The van der Waals surface area contributed by atoms with Gasteiger partial charge >= 0.3 is 0 Å². The van der Waals surface area contributed by atoms with E-state index in [-0.39, 0.29) is 17.0 Å². The minimum atomic E-state index is -0.347. The van der Waals surface area contributed by atoms with Crippen LogP contribution in [0.4, 0.5) is 5.82 Å². The van der Waals surface area contributed by atoms with Gasteiger partial charge in [-0.3, -0.25) is 19.1 Å². The molecule has 41 heavy (non-hydrogen) atoms. The van der Waals surface area contributed by atoms with Gasteiger partial charge in [0.1, 0.15) is 33.3 Å². The number of amides is 1. The Morgan fingerprint density at radius 1 is 1.02 bits per heavy atom. The Balaban J connectivity index is 1.74. The summed E-state index contributed by atoms with van der Waals surface area (Å²) in [5.41, 5.74) is 2.76. The fourth-order valence-corrected chi connectivity index (χ4v) is 5.73. The summed E-state index contributed by atoms with van der Waals surface area (Å²) in [4.78, 5) is 28.9. The molecule has 4 rings (SSSR count). The maximum absolute atomic E-state index is 13.5. The summed E-state index contributed by atoms with van der Waals surface area (Å²) in [7, 11) is 3.22. The third-order valence-corrected chi connectivity index (χ3v) is 8.26. The van der Waals surface area contributed by atoms with Crippen molar-refractivity contribution in [1.29, 1.82) is 5.26 Å². The van der Waals surface area contributed by atoms with Gasteiger partial charge in [-0.1, -0.05) is 61.6 Å². The SMILES string of the molecule is CCCCn1c(NCc2ccc(OC)cc2)c(/C=C2/SC(=S)N(Cc3ccc(OC)cc3)C2=O)c(C)c(C#N)c1=O. The predicted octanol–water partition coefficient (Wildman–Crippen LogP) is 5.86. The quantitative estimate of drug-likeness (QED) is 0.220. The van der Waals surface area contributed by atoms with Gasteiger partial charge in [0.05, 0.1) is 25.7 Å². The van der Waals surface area contributed by atoms with Crippen LogP contribution in [0.3, 0.4) is 0 Å². The molecule has 0 aliphatic carbocycles. The number of carbonyl (C=O) groups excluding carboxylic acids is 1. The van der Waals surface area contributed by atoms with E-state index in [4.69, 9.17) is 21.7 Å². The average Bonchev–Trinajstić information content (AvgIpc) is 3.25. The van der Waals surface area contributed by atoms with Gasteiger partial charge in [-0.05, 0) is 60.4 Å². The van der Waals surface area contributed by atoms with Gasteiger partial charge in [0, 0.05) is 18.7 Å². The van der Waals surface area contributed by atoms with Crippen LogP contribution in [0.15, 0.2) is 58.2 Å². The van der Waals surface area contributed by atoms with Crippen molar-refractivity contribution < 1.29 is 14.3 Å². The molecule has 1 N–H and O–H groups in total. The van der Waals surface area contributed by atoms with Crippen molar-refractivity contribution in [1.82, 2.24) is 9.47 Å². The minimum Gasteiger partial charge on any atom is -0.497 e. The van der Waals surface area contributed by atoms with E-state index in [0.29, 0.717) is 45.8 Å². The highest BCUT2D eigenvalue weighted by Gasteiger charge is 2.33. The van der Waals surface area contributed by atoms with Crippen LogP contribution in [0.2, 0.25) is 0 Å². The summed E-state index contributed by atoms with van der Waals surface area (Å²) < 4.78 is 12.6. The number of benzene rings is 2.